The average Bonchev–Trinajstić information content (AvgIpc) is 3.76. The molecule has 0 amide bonds. The third-order valence-corrected chi connectivity index (χ3v) is 9.96. The second kappa shape index (κ2) is 11.7. The van der Waals surface area contributed by atoms with E-state index in [0.717, 1.165) is 69.3 Å². The Labute approximate surface area is 279 Å². The Hall–Kier alpha value is -5.88. The van der Waals surface area contributed by atoms with E-state index in [1.54, 1.807) is 0 Å². The van der Waals surface area contributed by atoms with Crippen molar-refractivity contribution < 1.29 is 0 Å². The summed E-state index contributed by atoms with van der Waals surface area (Å²) in [6.45, 7) is 0. The van der Waals surface area contributed by atoms with Gasteiger partial charge in [-0.1, -0.05) is 104 Å². The minimum atomic E-state index is -0.0441. The lowest BCUT2D eigenvalue weighted by Crippen LogP contribution is -2.30. The van der Waals surface area contributed by atoms with Crippen LogP contribution in [0.1, 0.15) is 43.2 Å². The van der Waals surface area contributed by atoms with Crippen molar-refractivity contribution in [2.24, 2.45) is 0 Å². The van der Waals surface area contributed by atoms with Crippen LogP contribution in [-0.4, -0.2) is 29.1 Å². The highest BCUT2D eigenvalue weighted by Gasteiger charge is 2.36. The molecule has 48 heavy (non-hydrogen) atoms. The molecule has 6 heteroatoms. The quantitative estimate of drug-likeness (QED) is 0.185. The molecule has 0 bridgehead atoms. The summed E-state index contributed by atoms with van der Waals surface area (Å²) in [5, 5.41) is 0. The molecule has 1 aliphatic carbocycles. The molecule has 0 atom stereocenters. The van der Waals surface area contributed by atoms with E-state index in [-0.39, 0.29) is 5.41 Å². The predicted molar refractivity (Wildman–Crippen MR) is 192 cm³/mol. The normalized spacial score (nSPS) is 14.4. The maximum Gasteiger partial charge on any atom is 0.164 e. The lowest BCUT2D eigenvalue weighted by molar-refractivity contribution is 0.346. The molecule has 8 aromatic rings. The Morgan fingerprint density at radius 2 is 0.875 bits per heavy atom. The molecule has 1 fully saturated rings. The maximum atomic E-state index is 5.05. The van der Waals surface area contributed by atoms with Gasteiger partial charge in [-0.3, -0.25) is 9.13 Å². The molecular formula is C42H34N6. The lowest BCUT2D eigenvalue weighted by atomic mass is 9.65. The molecule has 0 unspecified atom stereocenters. The van der Waals surface area contributed by atoms with Gasteiger partial charge in [0.2, 0.25) is 0 Å². The van der Waals surface area contributed by atoms with Crippen LogP contribution in [0.15, 0.2) is 146 Å². The molecule has 4 heterocycles. The van der Waals surface area contributed by atoms with Crippen molar-refractivity contribution in [2.45, 2.75) is 37.5 Å². The number of imidazole rings is 2. The van der Waals surface area contributed by atoms with Gasteiger partial charge in [0.05, 0.1) is 0 Å². The summed E-state index contributed by atoms with van der Waals surface area (Å²) in [5.74, 6) is 1.80. The Morgan fingerprint density at radius 1 is 0.438 bits per heavy atom. The number of benzene rings is 4. The van der Waals surface area contributed by atoms with Gasteiger partial charge in [0.25, 0.3) is 0 Å². The van der Waals surface area contributed by atoms with Crippen LogP contribution in [0.4, 0.5) is 0 Å². The van der Waals surface area contributed by atoms with Gasteiger partial charge >= 0.3 is 0 Å². The van der Waals surface area contributed by atoms with Crippen LogP contribution in [-0.2, 0) is 5.41 Å². The van der Waals surface area contributed by atoms with Crippen molar-refractivity contribution in [1.29, 1.82) is 0 Å². The van der Waals surface area contributed by atoms with E-state index < -0.39 is 0 Å². The van der Waals surface area contributed by atoms with E-state index in [0.29, 0.717) is 0 Å². The standard InChI is InChI=1S/C42H34N6/c1-4-12-34(13-5-1)47-38(45-36-16-10-28-43-40(36)47)30-18-22-32(23-19-30)42(26-8-3-9-27-42)33-24-20-31(21-25-33)39-46-37-17-11-29-44-41(37)48(39)35-14-6-2-7-15-35/h1-2,4-7,10-25,28-29H,3,8-9,26-27H2. The molecule has 0 aliphatic heterocycles. The molecule has 232 valence electrons. The molecule has 0 saturated heterocycles. The van der Waals surface area contributed by atoms with Crippen molar-refractivity contribution >= 4 is 22.3 Å². The second-order valence-electron chi connectivity index (χ2n) is 12.7. The van der Waals surface area contributed by atoms with Gasteiger partial charge in [-0.2, -0.15) is 0 Å². The van der Waals surface area contributed by atoms with E-state index in [2.05, 4.69) is 106 Å². The van der Waals surface area contributed by atoms with Gasteiger partial charge in [0.1, 0.15) is 22.7 Å². The first-order chi connectivity index (χ1) is 23.8. The highest BCUT2D eigenvalue weighted by Crippen LogP contribution is 2.46. The molecule has 0 spiro atoms. The number of hydrogen-bond donors (Lipinski definition) is 0. The summed E-state index contributed by atoms with van der Waals surface area (Å²) in [4.78, 5) is 19.5. The van der Waals surface area contributed by atoms with Crippen molar-refractivity contribution in [3.05, 3.63) is 157 Å². The summed E-state index contributed by atoms with van der Waals surface area (Å²) in [6, 6.07) is 47.0. The van der Waals surface area contributed by atoms with E-state index in [9.17, 15) is 0 Å². The zero-order valence-electron chi connectivity index (χ0n) is 26.6. The van der Waals surface area contributed by atoms with Gasteiger partial charge in [0.15, 0.2) is 11.3 Å². The summed E-state index contributed by atoms with van der Waals surface area (Å²) in [7, 11) is 0. The first kappa shape index (κ1) is 28.4. The molecule has 1 aliphatic rings. The third kappa shape index (κ3) is 4.71. The molecule has 0 radical (unpaired) electrons. The van der Waals surface area contributed by atoms with E-state index in [4.69, 9.17) is 19.9 Å². The van der Waals surface area contributed by atoms with Gasteiger partial charge < -0.3 is 0 Å². The topological polar surface area (TPSA) is 61.4 Å². The van der Waals surface area contributed by atoms with E-state index in [1.807, 2.05) is 48.8 Å². The zero-order valence-corrected chi connectivity index (χ0v) is 26.6. The molecule has 1 saturated carbocycles. The molecule has 4 aromatic heterocycles. The highest BCUT2D eigenvalue weighted by atomic mass is 15.1. The van der Waals surface area contributed by atoms with Crippen LogP contribution in [0.5, 0.6) is 0 Å². The number of pyridine rings is 2. The Kier molecular flexibility index (Phi) is 6.93. The Bertz CT molecular complexity index is 2190. The number of hydrogen-bond acceptors (Lipinski definition) is 4. The van der Waals surface area contributed by atoms with Gasteiger partial charge in [-0.05, 0) is 72.5 Å². The zero-order chi connectivity index (χ0) is 31.9. The third-order valence-electron chi connectivity index (χ3n) is 9.96. The summed E-state index contributed by atoms with van der Waals surface area (Å²) in [6.07, 6.45) is 9.64. The molecular weight excluding hydrogens is 589 g/mol. The number of aromatic nitrogens is 6. The van der Waals surface area contributed by atoms with Crippen LogP contribution in [0.3, 0.4) is 0 Å². The minimum Gasteiger partial charge on any atom is -0.277 e. The fraction of sp³-hybridized carbons (Fsp3) is 0.143. The number of rotatable bonds is 6. The fourth-order valence-electron chi connectivity index (χ4n) is 7.63. The fourth-order valence-corrected chi connectivity index (χ4v) is 7.63. The van der Waals surface area contributed by atoms with Gasteiger partial charge in [-0.25, -0.2) is 19.9 Å². The average molecular weight is 623 g/mol. The molecule has 9 rings (SSSR count). The van der Waals surface area contributed by atoms with Crippen molar-refractivity contribution in [2.75, 3.05) is 0 Å². The number of nitrogens with zero attached hydrogens (tertiary/aromatic N) is 6. The smallest absolute Gasteiger partial charge is 0.164 e. The number of para-hydroxylation sites is 2. The van der Waals surface area contributed by atoms with Crippen LogP contribution in [0, 0.1) is 0 Å². The Balaban J connectivity index is 1.11. The summed E-state index contributed by atoms with van der Waals surface area (Å²) in [5.41, 5.74) is 10.5. The highest BCUT2D eigenvalue weighted by molar-refractivity contribution is 5.81. The van der Waals surface area contributed by atoms with Gasteiger partial charge in [0, 0.05) is 40.3 Å². The largest absolute Gasteiger partial charge is 0.277 e. The first-order valence-electron chi connectivity index (χ1n) is 16.8. The summed E-state index contributed by atoms with van der Waals surface area (Å²) >= 11 is 0. The minimum absolute atomic E-state index is 0.0441. The first-order valence-corrected chi connectivity index (χ1v) is 16.8. The van der Waals surface area contributed by atoms with Crippen LogP contribution >= 0.6 is 0 Å². The lowest BCUT2D eigenvalue weighted by Gasteiger charge is -2.39. The van der Waals surface area contributed by atoms with Gasteiger partial charge in [-0.15, -0.1) is 0 Å². The maximum absolute atomic E-state index is 5.05. The van der Waals surface area contributed by atoms with Crippen LogP contribution in [0.25, 0.3) is 56.5 Å². The van der Waals surface area contributed by atoms with Crippen LogP contribution < -0.4 is 0 Å². The van der Waals surface area contributed by atoms with Crippen molar-refractivity contribution in [3.63, 3.8) is 0 Å². The van der Waals surface area contributed by atoms with Crippen molar-refractivity contribution in [3.8, 4) is 34.2 Å². The van der Waals surface area contributed by atoms with Crippen LogP contribution in [0.2, 0.25) is 0 Å². The summed E-state index contributed by atoms with van der Waals surface area (Å²) < 4.78 is 4.33. The predicted octanol–water partition coefficient (Wildman–Crippen LogP) is 9.74. The second-order valence-corrected chi connectivity index (χ2v) is 12.7. The SMILES string of the molecule is c1ccc(-n2c(-c3ccc(C4(c5ccc(-c6nc7cccnc7n6-c6ccccc6)cc5)CCCCC4)cc3)nc3cccnc32)cc1. The van der Waals surface area contributed by atoms with Crippen molar-refractivity contribution in [1.82, 2.24) is 29.1 Å². The Morgan fingerprint density at radius 3 is 1.31 bits per heavy atom. The number of fused-ring (bicyclic) bond motifs is 2. The molecule has 4 aromatic carbocycles. The van der Waals surface area contributed by atoms with E-state index in [1.165, 1.54) is 30.4 Å². The molecule has 0 N–H and O–H groups in total. The monoisotopic (exact) mass is 622 g/mol. The molecule has 6 nitrogen and oxygen atoms in total. The van der Waals surface area contributed by atoms with E-state index >= 15 is 0 Å².